The molecular weight excluding hydrogens is 281 g/mol. The molecular formula is C13H14FN3O4. The number of nitrogens with zero attached hydrogens (tertiary/aromatic N) is 1. The number of nitrogens with two attached hydrogens (primary N) is 1. The molecule has 1 aliphatic heterocycles. The SMILES string of the molecule is NC(=O)C1CCCN1C(=O)Nc1cc(C(=O)O)ccc1F. The van der Waals surface area contributed by atoms with E-state index >= 15 is 0 Å². The van der Waals surface area contributed by atoms with Gasteiger partial charge >= 0.3 is 12.0 Å². The maximum Gasteiger partial charge on any atom is 0.335 e. The van der Waals surface area contributed by atoms with Gasteiger partial charge in [0.15, 0.2) is 0 Å². The zero-order chi connectivity index (χ0) is 15.6. The fourth-order valence-corrected chi connectivity index (χ4v) is 2.25. The van der Waals surface area contributed by atoms with Crippen molar-refractivity contribution in [1.82, 2.24) is 4.90 Å². The largest absolute Gasteiger partial charge is 0.478 e. The third-order valence-corrected chi connectivity index (χ3v) is 3.30. The summed E-state index contributed by atoms with van der Waals surface area (Å²) in [5.74, 6) is -2.62. The standard InChI is InChI=1S/C13H14FN3O4/c14-8-4-3-7(12(19)20)6-9(8)16-13(21)17-5-1-2-10(17)11(15)18/h3-4,6,10H,1-2,5H2,(H2,15,18)(H,16,21)(H,19,20). The first kappa shape index (κ1) is 14.8. The number of carbonyl (C=O) groups is 3. The van der Waals surface area contributed by atoms with Crippen LogP contribution in [0.15, 0.2) is 18.2 Å². The van der Waals surface area contributed by atoms with E-state index in [-0.39, 0.29) is 11.3 Å². The lowest BCUT2D eigenvalue weighted by atomic mass is 10.2. The first-order valence-corrected chi connectivity index (χ1v) is 6.30. The Hall–Kier alpha value is -2.64. The first-order valence-electron chi connectivity index (χ1n) is 6.30. The summed E-state index contributed by atoms with van der Waals surface area (Å²) in [5.41, 5.74) is 4.79. The summed E-state index contributed by atoms with van der Waals surface area (Å²) in [4.78, 5) is 35.3. The molecule has 0 saturated carbocycles. The summed E-state index contributed by atoms with van der Waals surface area (Å²) in [6.45, 7) is 0.333. The molecule has 1 saturated heterocycles. The number of anilines is 1. The highest BCUT2D eigenvalue weighted by Gasteiger charge is 2.33. The second kappa shape index (κ2) is 5.78. The second-order valence-electron chi connectivity index (χ2n) is 4.68. The van der Waals surface area contributed by atoms with Crippen LogP contribution in [-0.4, -0.2) is 40.5 Å². The fourth-order valence-electron chi connectivity index (χ4n) is 2.25. The quantitative estimate of drug-likeness (QED) is 0.772. The Labute approximate surface area is 119 Å². The van der Waals surface area contributed by atoms with E-state index in [2.05, 4.69) is 5.32 Å². The van der Waals surface area contributed by atoms with Gasteiger partial charge in [0.05, 0.1) is 11.3 Å². The molecule has 0 bridgehead atoms. The molecule has 1 unspecified atom stereocenters. The summed E-state index contributed by atoms with van der Waals surface area (Å²) in [5, 5.41) is 11.1. The van der Waals surface area contributed by atoms with E-state index in [9.17, 15) is 18.8 Å². The molecule has 4 N–H and O–H groups in total. The number of carbonyl (C=O) groups excluding carboxylic acids is 2. The van der Waals surface area contributed by atoms with Crippen molar-refractivity contribution in [2.75, 3.05) is 11.9 Å². The van der Waals surface area contributed by atoms with Crippen molar-refractivity contribution in [3.8, 4) is 0 Å². The van der Waals surface area contributed by atoms with Gasteiger partial charge in [-0.1, -0.05) is 0 Å². The van der Waals surface area contributed by atoms with Crippen LogP contribution in [0, 0.1) is 5.82 Å². The lowest BCUT2D eigenvalue weighted by Crippen LogP contribution is -2.45. The lowest BCUT2D eigenvalue weighted by molar-refractivity contribution is -0.121. The molecule has 0 aliphatic carbocycles. The summed E-state index contributed by atoms with van der Waals surface area (Å²) >= 11 is 0. The van der Waals surface area contributed by atoms with Gasteiger partial charge in [-0.2, -0.15) is 0 Å². The number of halogens is 1. The number of carboxylic acid groups (broad SMARTS) is 1. The second-order valence-corrected chi connectivity index (χ2v) is 4.68. The summed E-state index contributed by atoms with van der Waals surface area (Å²) in [6.07, 6.45) is 1.08. The van der Waals surface area contributed by atoms with Gasteiger partial charge in [0.1, 0.15) is 11.9 Å². The summed E-state index contributed by atoms with van der Waals surface area (Å²) < 4.78 is 13.6. The van der Waals surface area contributed by atoms with Gasteiger partial charge in [-0.25, -0.2) is 14.0 Å². The van der Waals surface area contributed by atoms with E-state index in [0.717, 1.165) is 18.2 Å². The zero-order valence-electron chi connectivity index (χ0n) is 11.0. The number of benzene rings is 1. The van der Waals surface area contributed by atoms with Crippen LogP contribution in [0.1, 0.15) is 23.2 Å². The predicted molar refractivity (Wildman–Crippen MR) is 71.3 cm³/mol. The Morgan fingerprint density at radius 1 is 1.38 bits per heavy atom. The molecule has 21 heavy (non-hydrogen) atoms. The molecule has 1 heterocycles. The number of primary amides is 1. The number of urea groups is 1. The predicted octanol–water partition coefficient (Wildman–Crippen LogP) is 1.01. The molecule has 0 aromatic heterocycles. The molecule has 1 aliphatic rings. The van der Waals surface area contributed by atoms with Gasteiger partial charge in [-0.05, 0) is 31.0 Å². The monoisotopic (exact) mass is 295 g/mol. The molecule has 0 radical (unpaired) electrons. The number of likely N-dealkylation sites (tertiary alicyclic amines) is 1. The van der Waals surface area contributed by atoms with Crippen molar-refractivity contribution >= 4 is 23.6 Å². The number of carboxylic acids is 1. The first-order chi connectivity index (χ1) is 9.90. The Kier molecular flexibility index (Phi) is 4.06. The number of rotatable bonds is 3. The van der Waals surface area contributed by atoms with Crippen LogP contribution in [0.5, 0.6) is 0 Å². The maximum absolute atomic E-state index is 13.6. The van der Waals surface area contributed by atoms with Gasteiger partial charge < -0.3 is 21.1 Å². The van der Waals surface area contributed by atoms with Crippen molar-refractivity contribution in [2.24, 2.45) is 5.73 Å². The average Bonchev–Trinajstić information content (AvgIpc) is 2.90. The van der Waals surface area contributed by atoms with Crippen molar-refractivity contribution in [3.05, 3.63) is 29.6 Å². The van der Waals surface area contributed by atoms with Crippen LogP contribution in [0.25, 0.3) is 0 Å². The van der Waals surface area contributed by atoms with Crippen LogP contribution in [-0.2, 0) is 4.79 Å². The van der Waals surface area contributed by atoms with E-state index in [1.807, 2.05) is 0 Å². The molecule has 2 rings (SSSR count). The number of aromatic carboxylic acids is 1. The van der Waals surface area contributed by atoms with Crippen LogP contribution >= 0.6 is 0 Å². The number of hydrogen-bond donors (Lipinski definition) is 3. The minimum absolute atomic E-state index is 0.153. The maximum atomic E-state index is 13.6. The normalized spacial score (nSPS) is 17.6. The van der Waals surface area contributed by atoms with E-state index in [1.165, 1.54) is 4.90 Å². The van der Waals surface area contributed by atoms with Crippen molar-refractivity contribution < 1.29 is 23.9 Å². The van der Waals surface area contributed by atoms with Gasteiger partial charge in [-0.15, -0.1) is 0 Å². The topological polar surface area (TPSA) is 113 Å². The highest BCUT2D eigenvalue weighted by molar-refractivity contribution is 5.95. The minimum atomic E-state index is -1.23. The molecule has 1 atom stereocenters. The van der Waals surface area contributed by atoms with E-state index in [1.54, 1.807) is 0 Å². The molecule has 7 nitrogen and oxygen atoms in total. The Bertz CT molecular complexity index is 605. The summed E-state index contributed by atoms with van der Waals surface area (Å²) in [6, 6.07) is 1.66. The van der Waals surface area contributed by atoms with Crippen LogP contribution in [0.2, 0.25) is 0 Å². The Balaban J connectivity index is 2.18. The Morgan fingerprint density at radius 3 is 2.71 bits per heavy atom. The van der Waals surface area contributed by atoms with Gasteiger partial charge in [-0.3, -0.25) is 4.79 Å². The minimum Gasteiger partial charge on any atom is -0.478 e. The van der Waals surface area contributed by atoms with E-state index in [4.69, 9.17) is 10.8 Å². The third-order valence-electron chi connectivity index (χ3n) is 3.30. The molecule has 3 amide bonds. The molecule has 8 heteroatoms. The fraction of sp³-hybridized carbons (Fsp3) is 0.308. The smallest absolute Gasteiger partial charge is 0.335 e. The van der Waals surface area contributed by atoms with E-state index < -0.39 is 29.8 Å². The number of amides is 3. The van der Waals surface area contributed by atoms with Crippen molar-refractivity contribution in [2.45, 2.75) is 18.9 Å². The molecule has 1 aromatic carbocycles. The zero-order valence-corrected chi connectivity index (χ0v) is 11.0. The third kappa shape index (κ3) is 3.10. The molecule has 1 fully saturated rings. The van der Waals surface area contributed by atoms with Crippen LogP contribution in [0.4, 0.5) is 14.9 Å². The number of hydrogen-bond acceptors (Lipinski definition) is 3. The van der Waals surface area contributed by atoms with Crippen LogP contribution < -0.4 is 11.1 Å². The highest BCUT2D eigenvalue weighted by atomic mass is 19.1. The van der Waals surface area contributed by atoms with Crippen molar-refractivity contribution in [1.29, 1.82) is 0 Å². The highest BCUT2D eigenvalue weighted by Crippen LogP contribution is 2.21. The summed E-state index contributed by atoms with van der Waals surface area (Å²) in [7, 11) is 0. The number of nitrogens with one attached hydrogen (secondary N) is 1. The molecule has 0 spiro atoms. The molecule has 112 valence electrons. The molecule has 1 aromatic rings. The Morgan fingerprint density at radius 2 is 2.10 bits per heavy atom. The van der Waals surface area contributed by atoms with Crippen molar-refractivity contribution in [3.63, 3.8) is 0 Å². The van der Waals surface area contributed by atoms with Crippen LogP contribution in [0.3, 0.4) is 0 Å². The van der Waals surface area contributed by atoms with Gasteiger partial charge in [0, 0.05) is 6.54 Å². The average molecular weight is 295 g/mol. The lowest BCUT2D eigenvalue weighted by Gasteiger charge is -2.22. The van der Waals surface area contributed by atoms with Gasteiger partial charge in [0.2, 0.25) is 5.91 Å². The van der Waals surface area contributed by atoms with Gasteiger partial charge in [0.25, 0.3) is 0 Å². The van der Waals surface area contributed by atoms with E-state index in [0.29, 0.717) is 19.4 Å².